The highest BCUT2D eigenvalue weighted by Crippen LogP contribution is 2.24. The minimum atomic E-state index is -5.08. The van der Waals surface area contributed by atoms with Gasteiger partial charge in [-0.15, -0.1) is 0 Å². The number of anilines is 1. The SMILES string of the molecule is CCc1nn(-c2noc(N3CCCCC3)n2)c2cc(F)ccc12.O=C(O)C(F)(F)F. The monoisotopic (exact) mass is 429 g/mol. The first-order chi connectivity index (χ1) is 14.2. The molecule has 1 saturated heterocycles. The van der Waals surface area contributed by atoms with Crippen LogP contribution in [0.5, 0.6) is 0 Å². The molecule has 1 aliphatic heterocycles. The largest absolute Gasteiger partial charge is 0.490 e. The molecule has 4 rings (SSSR count). The van der Waals surface area contributed by atoms with Gasteiger partial charge in [-0.05, 0) is 43.0 Å². The van der Waals surface area contributed by atoms with Crippen molar-refractivity contribution in [2.75, 3.05) is 18.0 Å². The van der Waals surface area contributed by atoms with E-state index in [9.17, 15) is 17.6 Å². The fourth-order valence-corrected chi connectivity index (χ4v) is 3.07. The Labute approximate surface area is 168 Å². The predicted molar refractivity (Wildman–Crippen MR) is 98.0 cm³/mol. The molecular weight excluding hydrogens is 410 g/mol. The van der Waals surface area contributed by atoms with Gasteiger partial charge in [0.15, 0.2) is 0 Å². The van der Waals surface area contributed by atoms with Gasteiger partial charge in [-0.3, -0.25) is 0 Å². The number of hydrogen-bond donors (Lipinski definition) is 1. The fourth-order valence-electron chi connectivity index (χ4n) is 3.07. The summed E-state index contributed by atoms with van der Waals surface area (Å²) in [5.74, 6) is -2.71. The summed E-state index contributed by atoms with van der Waals surface area (Å²) in [6.45, 7) is 3.87. The van der Waals surface area contributed by atoms with Crippen molar-refractivity contribution in [3.05, 3.63) is 29.7 Å². The maximum absolute atomic E-state index is 13.6. The number of carboxylic acids is 1. The Bertz CT molecular complexity index is 1020. The molecule has 0 unspecified atom stereocenters. The van der Waals surface area contributed by atoms with Gasteiger partial charge >= 0.3 is 18.2 Å². The molecule has 3 aromatic rings. The number of aromatic nitrogens is 4. The number of carbonyl (C=O) groups is 1. The van der Waals surface area contributed by atoms with Crippen molar-refractivity contribution in [3.63, 3.8) is 0 Å². The average Bonchev–Trinajstić information content (AvgIpc) is 3.32. The number of aryl methyl sites for hydroxylation is 1. The molecule has 12 heteroatoms. The van der Waals surface area contributed by atoms with E-state index in [-0.39, 0.29) is 5.82 Å². The second kappa shape index (κ2) is 8.67. The molecule has 8 nitrogen and oxygen atoms in total. The molecule has 1 aliphatic rings. The summed E-state index contributed by atoms with van der Waals surface area (Å²) in [4.78, 5) is 15.4. The quantitative estimate of drug-likeness (QED) is 0.634. The molecule has 30 heavy (non-hydrogen) atoms. The Morgan fingerprint density at radius 3 is 2.50 bits per heavy atom. The van der Waals surface area contributed by atoms with Crippen molar-refractivity contribution in [2.45, 2.75) is 38.8 Å². The first-order valence-electron chi connectivity index (χ1n) is 9.27. The van der Waals surface area contributed by atoms with Crippen LogP contribution in [0.1, 0.15) is 31.9 Å². The number of benzene rings is 1. The number of halogens is 4. The maximum Gasteiger partial charge on any atom is 0.490 e. The third-order valence-electron chi connectivity index (χ3n) is 4.52. The minimum absolute atomic E-state index is 0.305. The van der Waals surface area contributed by atoms with E-state index in [2.05, 4.69) is 20.1 Å². The zero-order valence-corrected chi connectivity index (χ0v) is 16.0. The lowest BCUT2D eigenvalue weighted by atomic mass is 10.1. The molecule has 1 aromatic carbocycles. The molecule has 1 N–H and O–H groups in total. The van der Waals surface area contributed by atoms with Crippen LogP contribution in [-0.4, -0.2) is 50.3 Å². The number of fused-ring (bicyclic) bond motifs is 1. The topological polar surface area (TPSA) is 97.3 Å². The number of piperidine rings is 1. The molecule has 162 valence electrons. The summed E-state index contributed by atoms with van der Waals surface area (Å²) < 4.78 is 52.3. The van der Waals surface area contributed by atoms with E-state index in [1.165, 1.54) is 18.6 Å². The normalized spacial score (nSPS) is 14.5. The van der Waals surface area contributed by atoms with Crippen molar-refractivity contribution in [3.8, 4) is 5.95 Å². The van der Waals surface area contributed by atoms with Gasteiger partial charge in [0.1, 0.15) is 5.82 Å². The molecule has 0 saturated carbocycles. The highest BCUT2D eigenvalue weighted by molar-refractivity contribution is 5.83. The smallest absolute Gasteiger partial charge is 0.475 e. The maximum atomic E-state index is 13.6. The molecule has 0 amide bonds. The Morgan fingerprint density at radius 1 is 1.23 bits per heavy atom. The summed E-state index contributed by atoms with van der Waals surface area (Å²) in [6, 6.07) is 5.16. The van der Waals surface area contributed by atoms with Gasteiger partial charge in [-0.1, -0.05) is 6.92 Å². The number of rotatable bonds is 3. The predicted octanol–water partition coefficient (Wildman–Crippen LogP) is 3.73. The lowest BCUT2D eigenvalue weighted by Crippen LogP contribution is -2.29. The van der Waals surface area contributed by atoms with Crippen LogP contribution in [-0.2, 0) is 11.2 Å². The summed E-state index contributed by atoms with van der Waals surface area (Å²) in [6.07, 6.45) is -0.826. The van der Waals surface area contributed by atoms with Crippen LogP contribution in [0, 0.1) is 5.82 Å². The highest BCUT2D eigenvalue weighted by Gasteiger charge is 2.38. The van der Waals surface area contributed by atoms with E-state index in [1.807, 2.05) is 6.92 Å². The van der Waals surface area contributed by atoms with Gasteiger partial charge in [0.05, 0.1) is 11.2 Å². The summed E-state index contributed by atoms with van der Waals surface area (Å²) >= 11 is 0. The second-order valence-corrected chi connectivity index (χ2v) is 6.60. The van der Waals surface area contributed by atoms with Crippen molar-refractivity contribution >= 4 is 22.9 Å². The van der Waals surface area contributed by atoms with E-state index in [0.29, 0.717) is 17.5 Å². The Morgan fingerprint density at radius 2 is 1.90 bits per heavy atom. The molecule has 1 fully saturated rings. The van der Waals surface area contributed by atoms with Crippen LogP contribution in [0.15, 0.2) is 22.7 Å². The lowest BCUT2D eigenvalue weighted by Gasteiger charge is -2.23. The van der Waals surface area contributed by atoms with Crippen LogP contribution < -0.4 is 4.90 Å². The van der Waals surface area contributed by atoms with E-state index < -0.39 is 12.1 Å². The Hall–Kier alpha value is -3.18. The van der Waals surface area contributed by atoms with Crippen molar-refractivity contribution < 1.29 is 32.0 Å². The zero-order valence-electron chi connectivity index (χ0n) is 16.0. The molecule has 2 aromatic heterocycles. The number of carboxylic acid groups (broad SMARTS) is 1. The van der Waals surface area contributed by atoms with Gasteiger partial charge in [0.25, 0.3) is 5.95 Å². The molecule has 0 aliphatic carbocycles. The van der Waals surface area contributed by atoms with Gasteiger partial charge in [0.2, 0.25) is 0 Å². The molecular formula is C18H19F4N5O3. The van der Waals surface area contributed by atoms with E-state index in [1.54, 1.807) is 10.7 Å². The second-order valence-electron chi connectivity index (χ2n) is 6.60. The summed E-state index contributed by atoms with van der Waals surface area (Å²) in [7, 11) is 0. The van der Waals surface area contributed by atoms with Crippen molar-refractivity contribution in [2.24, 2.45) is 0 Å². The molecule has 3 heterocycles. The van der Waals surface area contributed by atoms with Crippen LogP contribution in [0.25, 0.3) is 16.9 Å². The third kappa shape index (κ3) is 4.69. The van der Waals surface area contributed by atoms with Crippen LogP contribution in [0.4, 0.5) is 23.6 Å². The van der Waals surface area contributed by atoms with Crippen molar-refractivity contribution in [1.82, 2.24) is 19.9 Å². The molecule has 0 spiro atoms. The highest BCUT2D eigenvalue weighted by atomic mass is 19.4. The number of hydrogen-bond acceptors (Lipinski definition) is 6. The summed E-state index contributed by atoms with van der Waals surface area (Å²) in [5, 5.41) is 16.6. The number of alkyl halides is 3. The first-order valence-corrected chi connectivity index (χ1v) is 9.27. The van der Waals surface area contributed by atoms with E-state index >= 15 is 0 Å². The van der Waals surface area contributed by atoms with Crippen molar-refractivity contribution in [1.29, 1.82) is 0 Å². The van der Waals surface area contributed by atoms with E-state index in [4.69, 9.17) is 14.4 Å². The zero-order chi connectivity index (χ0) is 21.9. The van der Waals surface area contributed by atoms with Gasteiger partial charge in [-0.2, -0.15) is 27.9 Å². The fraction of sp³-hybridized carbons (Fsp3) is 0.444. The first kappa shape index (κ1) is 21.5. The number of nitrogens with zero attached hydrogens (tertiary/aromatic N) is 5. The Kier molecular flexibility index (Phi) is 6.22. The minimum Gasteiger partial charge on any atom is -0.475 e. The van der Waals surface area contributed by atoms with E-state index in [0.717, 1.165) is 43.4 Å². The van der Waals surface area contributed by atoms with Crippen LogP contribution >= 0.6 is 0 Å². The summed E-state index contributed by atoms with van der Waals surface area (Å²) in [5.41, 5.74) is 1.55. The van der Waals surface area contributed by atoms with Gasteiger partial charge < -0.3 is 14.5 Å². The van der Waals surface area contributed by atoms with Crippen LogP contribution in [0.2, 0.25) is 0 Å². The lowest BCUT2D eigenvalue weighted by molar-refractivity contribution is -0.192. The third-order valence-corrected chi connectivity index (χ3v) is 4.52. The standard InChI is InChI=1S/C16H18FN5O.C2HF3O2/c1-2-13-12-7-6-11(17)10-14(12)22(19-13)15-18-16(23-20-15)21-8-4-3-5-9-21;3-2(4,5)1(6)7/h6-7,10H,2-5,8-9H2,1H3;(H,6,7). The van der Waals surface area contributed by atoms with Gasteiger partial charge in [0, 0.05) is 24.5 Å². The average molecular weight is 429 g/mol. The number of aliphatic carboxylic acids is 1. The van der Waals surface area contributed by atoms with Crippen LogP contribution in [0.3, 0.4) is 0 Å². The van der Waals surface area contributed by atoms with Gasteiger partial charge in [-0.25, -0.2) is 9.18 Å². The molecule has 0 radical (unpaired) electrons. The molecule has 0 bridgehead atoms. The Balaban J connectivity index is 0.000000318. The molecule has 0 atom stereocenters.